The SMILES string of the molecule is Cc1ccc([C@H](C)NC(=O)COc2ccc(C)c3c2C(=O)C[C@H]3C)cc1C. The lowest BCUT2D eigenvalue weighted by Crippen LogP contribution is -2.31. The maximum absolute atomic E-state index is 12.3. The van der Waals surface area contributed by atoms with Crippen molar-refractivity contribution in [3.05, 3.63) is 63.7 Å². The molecule has 2 aromatic rings. The molecule has 4 heteroatoms. The molecule has 0 heterocycles. The molecule has 142 valence electrons. The monoisotopic (exact) mass is 365 g/mol. The fraction of sp³-hybridized carbons (Fsp3) is 0.391. The predicted molar refractivity (Wildman–Crippen MR) is 107 cm³/mol. The van der Waals surface area contributed by atoms with Gasteiger partial charge >= 0.3 is 0 Å². The normalized spacial score (nSPS) is 16.8. The van der Waals surface area contributed by atoms with E-state index in [2.05, 4.69) is 38.2 Å². The summed E-state index contributed by atoms with van der Waals surface area (Å²) < 4.78 is 5.73. The number of nitrogens with one attached hydrogen (secondary N) is 1. The molecule has 0 spiro atoms. The van der Waals surface area contributed by atoms with Crippen molar-refractivity contribution in [2.24, 2.45) is 0 Å². The second-order valence-corrected chi connectivity index (χ2v) is 7.62. The molecule has 1 amide bonds. The minimum absolute atomic E-state index is 0.0973. The van der Waals surface area contributed by atoms with E-state index in [1.165, 1.54) is 11.1 Å². The quantitative estimate of drug-likeness (QED) is 0.845. The Morgan fingerprint density at radius 2 is 1.85 bits per heavy atom. The first kappa shape index (κ1) is 19.2. The van der Waals surface area contributed by atoms with Gasteiger partial charge < -0.3 is 10.1 Å². The van der Waals surface area contributed by atoms with Gasteiger partial charge in [-0.2, -0.15) is 0 Å². The van der Waals surface area contributed by atoms with E-state index in [0.29, 0.717) is 17.7 Å². The topological polar surface area (TPSA) is 55.4 Å². The number of rotatable bonds is 5. The average Bonchev–Trinajstić information content (AvgIpc) is 2.92. The van der Waals surface area contributed by atoms with Gasteiger partial charge in [0.15, 0.2) is 12.4 Å². The average molecular weight is 365 g/mol. The largest absolute Gasteiger partial charge is 0.483 e. The number of Topliss-reactive ketones (excluding diaryl/α,β-unsaturated/α-hetero) is 1. The van der Waals surface area contributed by atoms with Crippen molar-refractivity contribution in [1.29, 1.82) is 0 Å². The highest BCUT2D eigenvalue weighted by atomic mass is 16.5. The lowest BCUT2D eigenvalue weighted by molar-refractivity contribution is -0.123. The molecule has 0 radical (unpaired) electrons. The van der Waals surface area contributed by atoms with Crippen molar-refractivity contribution < 1.29 is 14.3 Å². The lowest BCUT2D eigenvalue weighted by Gasteiger charge is -2.17. The molecule has 2 atom stereocenters. The van der Waals surface area contributed by atoms with Gasteiger partial charge in [0, 0.05) is 6.42 Å². The Labute approximate surface area is 160 Å². The zero-order valence-electron chi connectivity index (χ0n) is 16.7. The fourth-order valence-electron chi connectivity index (χ4n) is 3.77. The van der Waals surface area contributed by atoms with Gasteiger partial charge in [0.05, 0.1) is 11.6 Å². The van der Waals surface area contributed by atoms with Crippen LogP contribution in [0, 0.1) is 20.8 Å². The summed E-state index contributed by atoms with van der Waals surface area (Å²) in [5, 5.41) is 2.96. The van der Waals surface area contributed by atoms with Crippen LogP contribution in [-0.2, 0) is 4.79 Å². The van der Waals surface area contributed by atoms with Gasteiger partial charge in [0.25, 0.3) is 5.91 Å². The first-order valence-electron chi connectivity index (χ1n) is 9.44. The van der Waals surface area contributed by atoms with E-state index >= 15 is 0 Å². The zero-order valence-corrected chi connectivity index (χ0v) is 16.7. The standard InChI is InChI=1S/C23H27NO3/c1-13-6-8-18(10-15(13)3)17(5)24-21(26)12-27-20-9-7-14(2)22-16(4)11-19(25)23(20)22/h6-10,16-17H,11-12H2,1-5H3,(H,24,26)/t16-,17+/m1/s1. The van der Waals surface area contributed by atoms with Crippen LogP contribution in [0.2, 0.25) is 0 Å². The third kappa shape index (κ3) is 3.90. The van der Waals surface area contributed by atoms with Crippen LogP contribution in [0.1, 0.15) is 70.4 Å². The number of benzene rings is 2. The second kappa shape index (κ2) is 7.55. The van der Waals surface area contributed by atoms with Crippen molar-refractivity contribution in [1.82, 2.24) is 5.32 Å². The minimum Gasteiger partial charge on any atom is -0.483 e. The van der Waals surface area contributed by atoms with Crippen LogP contribution < -0.4 is 10.1 Å². The van der Waals surface area contributed by atoms with Gasteiger partial charge in [0.1, 0.15) is 5.75 Å². The van der Waals surface area contributed by atoms with Crippen LogP contribution >= 0.6 is 0 Å². The summed E-state index contributed by atoms with van der Waals surface area (Å²) in [4.78, 5) is 24.7. The first-order valence-corrected chi connectivity index (χ1v) is 9.44. The van der Waals surface area contributed by atoms with Crippen LogP contribution in [-0.4, -0.2) is 18.3 Å². The third-order valence-corrected chi connectivity index (χ3v) is 5.46. The van der Waals surface area contributed by atoms with Crippen LogP contribution in [0.4, 0.5) is 0 Å². The molecule has 0 saturated heterocycles. The summed E-state index contributed by atoms with van der Waals surface area (Å²) in [7, 11) is 0. The predicted octanol–water partition coefficient (Wildman–Crippen LogP) is 4.56. The molecular formula is C23H27NO3. The van der Waals surface area contributed by atoms with Crippen molar-refractivity contribution in [3.8, 4) is 5.75 Å². The molecule has 0 saturated carbocycles. The first-order chi connectivity index (χ1) is 12.8. The summed E-state index contributed by atoms with van der Waals surface area (Å²) in [5.41, 5.74) is 6.30. The second-order valence-electron chi connectivity index (χ2n) is 7.62. The van der Waals surface area contributed by atoms with E-state index in [4.69, 9.17) is 4.74 Å². The molecule has 0 unspecified atom stereocenters. The Hall–Kier alpha value is -2.62. The van der Waals surface area contributed by atoms with Crippen LogP contribution in [0.25, 0.3) is 0 Å². The van der Waals surface area contributed by atoms with E-state index in [-0.39, 0.29) is 30.3 Å². The molecule has 2 aromatic carbocycles. The maximum atomic E-state index is 12.3. The number of carbonyl (C=O) groups is 2. The molecule has 0 bridgehead atoms. The zero-order chi connectivity index (χ0) is 19.7. The Kier molecular flexibility index (Phi) is 5.36. The van der Waals surface area contributed by atoms with Crippen LogP contribution in [0.15, 0.2) is 30.3 Å². The number of aryl methyl sites for hydroxylation is 3. The highest BCUT2D eigenvalue weighted by Gasteiger charge is 2.31. The molecular weight excluding hydrogens is 338 g/mol. The van der Waals surface area contributed by atoms with Gasteiger partial charge in [-0.3, -0.25) is 9.59 Å². The molecule has 4 nitrogen and oxygen atoms in total. The van der Waals surface area contributed by atoms with Gasteiger partial charge in [-0.1, -0.05) is 31.2 Å². The summed E-state index contributed by atoms with van der Waals surface area (Å²) in [6.45, 7) is 10.0. The highest BCUT2D eigenvalue weighted by Crippen LogP contribution is 2.40. The Morgan fingerprint density at radius 1 is 1.15 bits per heavy atom. The van der Waals surface area contributed by atoms with E-state index < -0.39 is 0 Å². The van der Waals surface area contributed by atoms with Crippen LogP contribution in [0.3, 0.4) is 0 Å². The molecule has 0 fully saturated rings. The Bertz CT molecular complexity index is 901. The number of hydrogen-bond acceptors (Lipinski definition) is 3. The minimum atomic E-state index is -0.200. The summed E-state index contributed by atoms with van der Waals surface area (Å²) in [6, 6.07) is 9.83. The summed E-state index contributed by atoms with van der Waals surface area (Å²) in [6.07, 6.45) is 0.507. The van der Waals surface area contributed by atoms with Gasteiger partial charge in [-0.15, -0.1) is 0 Å². The van der Waals surface area contributed by atoms with Gasteiger partial charge in [0.2, 0.25) is 0 Å². The molecule has 1 N–H and O–H groups in total. The summed E-state index contributed by atoms with van der Waals surface area (Å²) >= 11 is 0. The van der Waals surface area contributed by atoms with Crippen LogP contribution in [0.5, 0.6) is 5.75 Å². The van der Waals surface area contributed by atoms with Crippen molar-refractivity contribution >= 4 is 11.7 Å². The van der Waals surface area contributed by atoms with Gasteiger partial charge in [-0.05, 0) is 67.5 Å². The third-order valence-electron chi connectivity index (χ3n) is 5.46. The Morgan fingerprint density at radius 3 is 2.56 bits per heavy atom. The van der Waals surface area contributed by atoms with Crippen molar-refractivity contribution in [3.63, 3.8) is 0 Å². The molecule has 0 aromatic heterocycles. The molecule has 3 rings (SSSR count). The molecule has 1 aliphatic rings. The number of fused-ring (bicyclic) bond motifs is 1. The smallest absolute Gasteiger partial charge is 0.258 e. The van der Waals surface area contributed by atoms with Crippen molar-refractivity contribution in [2.75, 3.05) is 6.61 Å². The van der Waals surface area contributed by atoms with E-state index in [0.717, 1.165) is 16.7 Å². The maximum Gasteiger partial charge on any atom is 0.258 e. The lowest BCUT2D eigenvalue weighted by atomic mass is 9.97. The number of hydrogen-bond donors (Lipinski definition) is 1. The Balaban J connectivity index is 1.66. The number of ether oxygens (including phenoxy) is 1. The van der Waals surface area contributed by atoms with E-state index in [9.17, 15) is 9.59 Å². The molecule has 27 heavy (non-hydrogen) atoms. The fourth-order valence-corrected chi connectivity index (χ4v) is 3.77. The number of carbonyl (C=O) groups excluding carboxylic acids is 2. The summed E-state index contributed by atoms with van der Waals surface area (Å²) in [5.74, 6) is 0.613. The molecule has 0 aliphatic heterocycles. The van der Waals surface area contributed by atoms with E-state index in [1.54, 1.807) is 6.07 Å². The molecule has 1 aliphatic carbocycles. The van der Waals surface area contributed by atoms with Crippen molar-refractivity contribution in [2.45, 2.75) is 53.0 Å². The number of amides is 1. The number of ketones is 1. The highest BCUT2D eigenvalue weighted by molar-refractivity contribution is 6.04. The van der Waals surface area contributed by atoms with E-state index in [1.807, 2.05) is 26.0 Å². The van der Waals surface area contributed by atoms with Gasteiger partial charge in [-0.25, -0.2) is 0 Å².